The number of hydrogen-bond donors (Lipinski definition) is 0. The largest absolute Gasteiger partial charge is 0.352 e. The van der Waals surface area contributed by atoms with Gasteiger partial charge in [-0.3, -0.25) is 0 Å². The van der Waals surface area contributed by atoms with Crippen molar-refractivity contribution in [3.05, 3.63) is 41.7 Å². The van der Waals surface area contributed by atoms with E-state index in [1.165, 1.54) is 10.1 Å². The summed E-state index contributed by atoms with van der Waals surface area (Å²) in [5.74, 6) is 1.84. The number of piperazine rings is 1. The fourth-order valence-electron chi connectivity index (χ4n) is 2.69. The summed E-state index contributed by atoms with van der Waals surface area (Å²) in [5, 5.41) is 1.81. The molecule has 1 saturated heterocycles. The van der Waals surface area contributed by atoms with Crippen molar-refractivity contribution in [2.45, 2.75) is 0 Å². The van der Waals surface area contributed by atoms with Gasteiger partial charge in [-0.05, 0) is 23.7 Å². The molecule has 0 amide bonds. The highest BCUT2D eigenvalue weighted by Crippen LogP contribution is 2.30. The fraction of sp³-hybridized carbons (Fsp3) is 0.267. The number of halogens is 1. The quantitative estimate of drug-likeness (QED) is 0.722. The van der Waals surface area contributed by atoms with E-state index < -0.39 is 0 Å². The fourth-order valence-corrected chi connectivity index (χ4v) is 3.58. The molecule has 7 heteroatoms. The van der Waals surface area contributed by atoms with E-state index in [0.29, 0.717) is 5.02 Å². The molecule has 0 N–H and O–H groups in total. The molecule has 0 unspecified atom stereocenters. The predicted octanol–water partition coefficient (Wildman–Crippen LogP) is 3.07. The summed E-state index contributed by atoms with van der Waals surface area (Å²) in [6, 6.07) is 8.38. The average molecular weight is 332 g/mol. The van der Waals surface area contributed by atoms with Crippen LogP contribution in [0, 0.1) is 0 Å². The molecule has 0 spiro atoms. The molecule has 0 atom stereocenters. The maximum Gasteiger partial charge on any atom is 0.225 e. The Balaban J connectivity index is 1.51. The second-order valence-electron chi connectivity index (χ2n) is 5.18. The van der Waals surface area contributed by atoms with Crippen molar-refractivity contribution >= 4 is 45.0 Å². The lowest BCUT2D eigenvalue weighted by atomic mass is 10.2. The lowest BCUT2D eigenvalue weighted by Crippen LogP contribution is -2.47. The van der Waals surface area contributed by atoms with Gasteiger partial charge in [0.25, 0.3) is 0 Å². The van der Waals surface area contributed by atoms with Crippen LogP contribution in [0.1, 0.15) is 0 Å². The first kappa shape index (κ1) is 13.7. The summed E-state index contributed by atoms with van der Waals surface area (Å²) < 4.78 is 5.87. The minimum absolute atomic E-state index is 0.566. The highest BCUT2D eigenvalue weighted by atomic mass is 35.5. The molecule has 22 heavy (non-hydrogen) atoms. The van der Waals surface area contributed by atoms with Crippen LogP contribution in [-0.4, -0.2) is 40.5 Å². The number of rotatable bonds is 2. The Morgan fingerprint density at radius 2 is 1.64 bits per heavy atom. The standard InChI is InChI=1S/C15H14ClN5S/c16-11-9-17-15(18-10-11)21-7-5-20(6-8-21)14-12-3-1-2-4-13(12)22-19-14/h1-4,9-10H,5-8H2. The second kappa shape index (κ2) is 5.70. The van der Waals surface area contributed by atoms with Gasteiger partial charge in [-0.1, -0.05) is 23.7 Å². The first-order valence-electron chi connectivity index (χ1n) is 7.13. The lowest BCUT2D eigenvalue weighted by Gasteiger charge is -2.35. The Bertz CT molecular complexity index is 780. The Kier molecular flexibility index (Phi) is 3.56. The third-order valence-electron chi connectivity index (χ3n) is 3.83. The van der Waals surface area contributed by atoms with E-state index in [2.05, 4.69) is 48.4 Å². The number of anilines is 2. The topological polar surface area (TPSA) is 45.2 Å². The van der Waals surface area contributed by atoms with Crippen LogP contribution in [0.2, 0.25) is 5.02 Å². The summed E-state index contributed by atoms with van der Waals surface area (Å²) in [6.45, 7) is 3.60. The number of nitrogens with zero attached hydrogens (tertiary/aromatic N) is 5. The van der Waals surface area contributed by atoms with Gasteiger partial charge in [-0.25, -0.2) is 9.97 Å². The Morgan fingerprint density at radius 1 is 0.955 bits per heavy atom. The number of aromatic nitrogens is 3. The van der Waals surface area contributed by atoms with Crippen molar-refractivity contribution in [2.24, 2.45) is 0 Å². The highest BCUT2D eigenvalue weighted by molar-refractivity contribution is 7.13. The van der Waals surface area contributed by atoms with Gasteiger partial charge in [0.1, 0.15) is 5.82 Å². The molecular weight excluding hydrogens is 318 g/mol. The molecule has 0 saturated carbocycles. The predicted molar refractivity (Wildman–Crippen MR) is 91.1 cm³/mol. The van der Waals surface area contributed by atoms with Gasteiger partial charge in [0, 0.05) is 31.6 Å². The number of hydrogen-bond acceptors (Lipinski definition) is 6. The van der Waals surface area contributed by atoms with Gasteiger partial charge in [0.05, 0.1) is 22.1 Å². The van der Waals surface area contributed by atoms with Crippen molar-refractivity contribution < 1.29 is 0 Å². The summed E-state index contributed by atoms with van der Waals surface area (Å²) in [5.41, 5.74) is 0. The van der Waals surface area contributed by atoms with Gasteiger partial charge in [-0.2, -0.15) is 4.37 Å². The van der Waals surface area contributed by atoms with Crippen molar-refractivity contribution in [3.8, 4) is 0 Å². The smallest absolute Gasteiger partial charge is 0.225 e. The molecule has 0 radical (unpaired) electrons. The molecule has 0 bridgehead atoms. The lowest BCUT2D eigenvalue weighted by molar-refractivity contribution is 0.638. The van der Waals surface area contributed by atoms with Crippen LogP contribution in [0.25, 0.3) is 10.1 Å². The second-order valence-corrected chi connectivity index (χ2v) is 6.42. The maximum atomic E-state index is 5.84. The van der Waals surface area contributed by atoms with Crippen LogP contribution in [0.4, 0.5) is 11.8 Å². The van der Waals surface area contributed by atoms with Crippen molar-refractivity contribution in [1.29, 1.82) is 0 Å². The van der Waals surface area contributed by atoms with Crippen LogP contribution in [0.5, 0.6) is 0 Å². The highest BCUT2D eigenvalue weighted by Gasteiger charge is 2.21. The average Bonchev–Trinajstić information content (AvgIpc) is 3.00. The molecule has 3 heterocycles. The van der Waals surface area contributed by atoms with Crippen LogP contribution in [0.15, 0.2) is 36.7 Å². The number of benzene rings is 1. The van der Waals surface area contributed by atoms with Crippen molar-refractivity contribution in [3.63, 3.8) is 0 Å². The molecule has 4 rings (SSSR count). The van der Waals surface area contributed by atoms with E-state index in [-0.39, 0.29) is 0 Å². The van der Waals surface area contributed by atoms with Gasteiger partial charge in [-0.15, -0.1) is 0 Å². The van der Waals surface area contributed by atoms with E-state index in [1.807, 2.05) is 0 Å². The minimum atomic E-state index is 0.566. The molecule has 5 nitrogen and oxygen atoms in total. The molecular formula is C15H14ClN5S. The minimum Gasteiger partial charge on any atom is -0.352 e. The zero-order chi connectivity index (χ0) is 14.9. The summed E-state index contributed by atoms with van der Waals surface area (Å²) >= 11 is 7.40. The van der Waals surface area contributed by atoms with Crippen LogP contribution < -0.4 is 9.80 Å². The Morgan fingerprint density at radius 3 is 2.41 bits per heavy atom. The normalized spacial score (nSPS) is 15.5. The van der Waals surface area contributed by atoms with E-state index >= 15 is 0 Å². The molecule has 2 aromatic heterocycles. The van der Waals surface area contributed by atoms with E-state index in [0.717, 1.165) is 37.9 Å². The van der Waals surface area contributed by atoms with Gasteiger partial charge in [0.2, 0.25) is 5.95 Å². The number of fused-ring (bicyclic) bond motifs is 1. The SMILES string of the molecule is Clc1cnc(N2CCN(c3nsc4ccccc34)CC2)nc1. The van der Waals surface area contributed by atoms with E-state index in [4.69, 9.17) is 11.6 Å². The molecule has 1 aliphatic rings. The van der Waals surface area contributed by atoms with Crippen LogP contribution in [-0.2, 0) is 0 Å². The van der Waals surface area contributed by atoms with Crippen LogP contribution in [0.3, 0.4) is 0 Å². The first-order valence-corrected chi connectivity index (χ1v) is 8.28. The summed E-state index contributed by atoms with van der Waals surface area (Å²) in [6.07, 6.45) is 3.29. The van der Waals surface area contributed by atoms with Gasteiger partial charge < -0.3 is 9.80 Å². The maximum absolute atomic E-state index is 5.84. The molecule has 112 valence electrons. The van der Waals surface area contributed by atoms with Crippen molar-refractivity contribution in [1.82, 2.24) is 14.3 Å². The van der Waals surface area contributed by atoms with Gasteiger partial charge in [0.15, 0.2) is 0 Å². The van der Waals surface area contributed by atoms with Crippen LogP contribution >= 0.6 is 23.1 Å². The van der Waals surface area contributed by atoms with Crippen molar-refractivity contribution in [2.75, 3.05) is 36.0 Å². The molecule has 1 aromatic carbocycles. The first-order chi connectivity index (χ1) is 10.8. The monoisotopic (exact) mass is 331 g/mol. The zero-order valence-electron chi connectivity index (χ0n) is 11.8. The molecule has 0 aliphatic carbocycles. The molecule has 3 aromatic rings. The molecule has 1 fully saturated rings. The van der Waals surface area contributed by atoms with Gasteiger partial charge >= 0.3 is 0 Å². The van der Waals surface area contributed by atoms with E-state index in [9.17, 15) is 0 Å². The molecule has 1 aliphatic heterocycles. The zero-order valence-corrected chi connectivity index (χ0v) is 13.4. The summed E-state index contributed by atoms with van der Waals surface area (Å²) in [4.78, 5) is 13.1. The Labute approximate surface area is 137 Å². The van der Waals surface area contributed by atoms with E-state index in [1.54, 1.807) is 23.9 Å². The third kappa shape index (κ3) is 2.48. The summed E-state index contributed by atoms with van der Waals surface area (Å²) in [7, 11) is 0. The Hall–Kier alpha value is -1.92. The third-order valence-corrected chi connectivity index (χ3v) is 4.84.